The highest BCUT2D eigenvalue weighted by atomic mass is 32.2. The Kier molecular flexibility index (Phi) is 3.28. The molecule has 0 unspecified atom stereocenters. The largest absolute Gasteiger partial charge is 0.243 e. The third-order valence-corrected chi connectivity index (χ3v) is 5.47. The number of thiophene rings is 1. The summed E-state index contributed by atoms with van der Waals surface area (Å²) in [5, 5.41) is 9.20. The standard InChI is InChI=1S/C12H11N3O3S2/c1-8(10-5-3-7-19-10)15-20(16,17)11-6-2-4-9-12(11)14-18-13-9/h2-8,15H,1H3/t8-/m1/s1. The minimum Gasteiger partial charge on any atom is -0.243 e. The van der Waals surface area contributed by atoms with Crippen LogP contribution in [0, 0.1) is 0 Å². The van der Waals surface area contributed by atoms with E-state index >= 15 is 0 Å². The van der Waals surface area contributed by atoms with E-state index in [1.165, 1.54) is 17.4 Å². The number of hydrogen-bond acceptors (Lipinski definition) is 6. The molecular weight excluding hydrogens is 298 g/mol. The first-order chi connectivity index (χ1) is 9.58. The third kappa shape index (κ3) is 2.33. The Hall–Kier alpha value is -1.77. The van der Waals surface area contributed by atoms with E-state index in [-0.39, 0.29) is 16.5 Å². The lowest BCUT2D eigenvalue weighted by molar-refractivity contribution is 0.315. The summed E-state index contributed by atoms with van der Waals surface area (Å²) < 4.78 is 32.1. The van der Waals surface area contributed by atoms with Crippen molar-refractivity contribution in [2.45, 2.75) is 17.9 Å². The van der Waals surface area contributed by atoms with Gasteiger partial charge in [-0.15, -0.1) is 11.3 Å². The zero-order valence-corrected chi connectivity index (χ0v) is 12.1. The zero-order chi connectivity index (χ0) is 14.2. The summed E-state index contributed by atoms with van der Waals surface area (Å²) in [5.41, 5.74) is 0.648. The van der Waals surface area contributed by atoms with Crippen molar-refractivity contribution >= 4 is 32.4 Å². The Balaban J connectivity index is 1.98. The fourth-order valence-electron chi connectivity index (χ4n) is 1.89. The van der Waals surface area contributed by atoms with E-state index in [9.17, 15) is 8.42 Å². The SMILES string of the molecule is C[C@@H](NS(=O)(=O)c1cccc2nonc12)c1cccs1. The summed E-state index contributed by atoms with van der Waals surface area (Å²) in [6.45, 7) is 1.80. The van der Waals surface area contributed by atoms with Gasteiger partial charge in [0.15, 0.2) is 5.52 Å². The van der Waals surface area contributed by atoms with Gasteiger partial charge in [0, 0.05) is 4.88 Å². The number of nitrogens with one attached hydrogen (secondary N) is 1. The van der Waals surface area contributed by atoms with E-state index in [4.69, 9.17) is 0 Å². The molecule has 20 heavy (non-hydrogen) atoms. The van der Waals surface area contributed by atoms with Gasteiger partial charge in [-0.05, 0) is 40.8 Å². The van der Waals surface area contributed by atoms with Crippen LogP contribution in [0.1, 0.15) is 17.8 Å². The maximum Gasteiger partial charge on any atom is 0.243 e. The number of aromatic nitrogens is 2. The predicted molar refractivity (Wildman–Crippen MR) is 74.9 cm³/mol. The molecule has 3 rings (SSSR count). The highest BCUT2D eigenvalue weighted by Gasteiger charge is 2.23. The summed E-state index contributed by atoms with van der Waals surface area (Å²) in [5.74, 6) is 0. The molecule has 0 amide bonds. The van der Waals surface area contributed by atoms with Crippen LogP contribution in [0.4, 0.5) is 0 Å². The van der Waals surface area contributed by atoms with E-state index in [2.05, 4.69) is 19.7 Å². The van der Waals surface area contributed by atoms with Gasteiger partial charge in [-0.3, -0.25) is 0 Å². The predicted octanol–water partition coefficient (Wildman–Crippen LogP) is 2.32. The molecule has 1 N–H and O–H groups in total. The van der Waals surface area contributed by atoms with E-state index in [0.717, 1.165) is 4.88 Å². The van der Waals surface area contributed by atoms with Crippen molar-refractivity contribution in [1.29, 1.82) is 0 Å². The van der Waals surface area contributed by atoms with Crippen LogP contribution in [0.25, 0.3) is 11.0 Å². The molecular formula is C12H11N3O3S2. The van der Waals surface area contributed by atoms with Crippen LogP contribution in [-0.4, -0.2) is 18.7 Å². The summed E-state index contributed by atoms with van der Waals surface area (Å²) in [6, 6.07) is 8.19. The number of rotatable bonds is 4. The first-order valence-corrected chi connectivity index (χ1v) is 8.21. The Labute approximate surface area is 119 Å². The van der Waals surface area contributed by atoms with Crippen molar-refractivity contribution in [1.82, 2.24) is 15.0 Å². The van der Waals surface area contributed by atoms with Crippen molar-refractivity contribution in [3.05, 3.63) is 40.6 Å². The lowest BCUT2D eigenvalue weighted by atomic mass is 10.3. The molecule has 104 valence electrons. The topological polar surface area (TPSA) is 85.1 Å². The summed E-state index contributed by atoms with van der Waals surface area (Å²) in [4.78, 5) is 1.01. The number of nitrogens with zero attached hydrogens (tertiary/aromatic N) is 2. The number of fused-ring (bicyclic) bond motifs is 1. The smallest absolute Gasteiger partial charge is 0.243 e. The second-order valence-electron chi connectivity index (χ2n) is 4.25. The van der Waals surface area contributed by atoms with Crippen molar-refractivity contribution in [3.8, 4) is 0 Å². The van der Waals surface area contributed by atoms with Crippen LogP contribution in [0.3, 0.4) is 0 Å². The van der Waals surface area contributed by atoms with Gasteiger partial charge in [-0.25, -0.2) is 17.8 Å². The highest BCUT2D eigenvalue weighted by molar-refractivity contribution is 7.89. The van der Waals surface area contributed by atoms with Crippen LogP contribution in [0.2, 0.25) is 0 Å². The molecule has 1 aromatic carbocycles. The fourth-order valence-corrected chi connectivity index (χ4v) is 4.07. The van der Waals surface area contributed by atoms with Gasteiger partial charge >= 0.3 is 0 Å². The van der Waals surface area contributed by atoms with Gasteiger partial charge < -0.3 is 0 Å². The van der Waals surface area contributed by atoms with Gasteiger partial charge in [0.1, 0.15) is 10.4 Å². The lowest BCUT2D eigenvalue weighted by Gasteiger charge is -2.12. The van der Waals surface area contributed by atoms with Gasteiger partial charge in [0.25, 0.3) is 0 Å². The molecule has 1 atom stereocenters. The minimum atomic E-state index is -3.69. The second-order valence-corrected chi connectivity index (χ2v) is 6.91. The molecule has 0 saturated carbocycles. The van der Waals surface area contributed by atoms with Gasteiger partial charge in [0.05, 0.1) is 6.04 Å². The van der Waals surface area contributed by atoms with Crippen LogP contribution >= 0.6 is 11.3 Å². The minimum absolute atomic E-state index is 0.0691. The van der Waals surface area contributed by atoms with Gasteiger partial charge in [0.2, 0.25) is 10.0 Å². The van der Waals surface area contributed by atoms with Gasteiger partial charge in [-0.1, -0.05) is 12.1 Å². The van der Waals surface area contributed by atoms with E-state index in [1.807, 2.05) is 17.5 Å². The summed E-state index contributed by atoms with van der Waals surface area (Å²) >= 11 is 1.50. The van der Waals surface area contributed by atoms with Crippen LogP contribution < -0.4 is 4.72 Å². The van der Waals surface area contributed by atoms with Crippen molar-refractivity contribution in [3.63, 3.8) is 0 Å². The second kappa shape index (κ2) is 4.97. The first-order valence-electron chi connectivity index (χ1n) is 5.85. The Morgan fingerprint density at radius 1 is 1.25 bits per heavy atom. The van der Waals surface area contributed by atoms with E-state index in [0.29, 0.717) is 5.52 Å². The molecule has 0 radical (unpaired) electrons. The Bertz CT molecular complexity index is 825. The molecule has 0 aliphatic carbocycles. The monoisotopic (exact) mass is 309 g/mol. The Morgan fingerprint density at radius 3 is 2.85 bits per heavy atom. The maximum atomic E-state index is 12.4. The number of benzene rings is 1. The van der Waals surface area contributed by atoms with Crippen molar-refractivity contribution in [2.24, 2.45) is 0 Å². The molecule has 6 nitrogen and oxygen atoms in total. The third-order valence-electron chi connectivity index (χ3n) is 2.84. The molecule has 2 heterocycles. The average Bonchev–Trinajstić information content (AvgIpc) is 3.08. The molecule has 8 heteroatoms. The van der Waals surface area contributed by atoms with Crippen molar-refractivity contribution in [2.75, 3.05) is 0 Å². The summed E-state index contributed by atoms with van der Waals surface area (Å²) in [6.07, 6.45) is 0. The molecule has 0 spiro atoms. The normalized spacial score (nSPS) is 13.7. The lowest BCUT2D eigenvalue weighted by Crippen LogP contribution is -2.26. The van der Waals surface area contributed by atoms with Crippen LogP contribution in [0.15, 0.2) is 45.2 Å². The molecule has 0 bridgehead atoms. The molecule has 0 aliphatic rings. The Morgan fingerprint density at radius 2 is 2.10 bits per heavy atom. The average molecular weight is 309 g/mol. The number of sulfonamides is 1. The zero-order valence-electron chi connectivity index (χ0n) is 10.5. The highest BCUT2D eigenvalue weighted by Crippen LogP contribution is 2.24. The summed E-state index contributed by atoms with van der Waals surface area (Å²) in [7, 11) is -3.69. The molecule has 3 aromatic rings. The molecule has 0 saturated heterocycles. The molecule has 0 aliphatic heterocycles. The van der Waals surface area contributed by atoms with E-state index < -0.39 is 10.0 Å². The van der Waals surface area contributed by atoms with Gasteiger partial charge in [-0.2, -0.15) is 0 Å². The van der Waals surface area contributed by atoms with Crippen LogP contribution in [0.5, 0.6) is 0 Å². The molecule has 2 aromatic heterocycles. The first kappa shape index (κ1) is 13.2. The fraction of sp³-hybridized carbons (Fsp3) is 0.167. The molecule has 0 fully saturated rings. The van der Waals surface area contributed by atoms with Crippen molar-refractivity contribution < 1.29 is 13.0 Å². The number of hydrogen-bond donors (Lipinski definition) is 1. The van der Waals surface area contributed by atoms with Crippen LogP contribution in [-0.2, 0) is 10.0 Å². The maximum absolute atomic E-state index is 12.4. The van der Waals surface area contributed by atoms with E-state index in [1.54, 1.807) is 19.1 Å². The quantitative estimate of drug-likeness (QED) is 0.799.